The molecule has 14 N–H and O–H groups in total. The van der Waals surface area contributed by atoms with Gasteiger partial charge in [-0.05, 0) is 0 Å². The van der Waals surface area contributed by atoms with E-state index in [9.17, 15) is 71.2 Å². The number of ether oxygens (including phenoxy) is 7. The van der Waals surface area contributed by atoms with Gasteiger partial charge >= 0.3 is 0 Å². The Morgan fingerprint density at radius 3 is 1.52 bits per heavy atom. The van der Waals surface area contributed by atoms with Crippen LogP contribution in [0, 0.1) is 0 Å². The number of nitrogens with one attached hydrogen (secondary N) is 1. The van der Waals surface area contributed by atoms with Gasteiger partial charge in [0.25, 0.3) is 0 Å². The lowest BCUT2D eigenvalue weighted by Gasteiger charge is -2.49. The summed E-state index contributed by atoms with van der Waals surface area (Å²) in [5.74, 6) is -0.707. The Hall–Kier alpha value is -1.33. The van der Waals surface area contributed by atoms with Gasteiger partial charge in [-0.25, -0.2) is 0 Å². The van der Waals surface area contributed by atoms with Crippen LogP contribution in [0.3, 0.4) is 0 Å². The second-order valence-corrected chi connectivity index (χ2v) is 11.9. The maximum absolute atomic E-state index is 11.9. The number of carbonyl (C=O) groups is 1. The Bertz CT molecular complexity index is 1030. The zero-order valence-electron chi connectivity index (χ0n) is 25.5. The summed E-state index contributed by atoms with van der Waals surface area (Å²) >= 11 is 0. The summed E-state index contributed by atoms with van der Waals surface area (Å²) in [4.78, 5) is 11.9. The van der Waals surface area contributed by atoms with Crippen molar-refractivity contribution < 1.29 is 104 Å². The SMILES string of the molecule is CC(=O)N[C@@H]1[C@@H](O[C@@H]2O[C@H](CO[C@H]3O[C@H](CO)[C@H](O)[C@H](O)[C@H]3O)[C@@H](O)[C@H](O[C@@H]3O[C@H](CO)[C@H](O)[C@H](O)[C@H]3O)[C@H]2O)[C@H](O)[C@@H](CO)O[C@@H]1O. The molecule has 0 saturated carbocycles. The standard InChI is InChI=1S/C26H45NO21/c1-6(31)27-11-21(14(34)9(4-30)43-23(11)41)47-26-20(40)22(48-25-19(39)17(37)13(33)8(3-29)45-25)15(35)10(46-26)5-42-24-18(38)16(36)12(32)7(2-28)44-24/h7-26,28-30,32-41H,2-5H2,1H3,(H,27,31)/t7-,8-,9-,10-,11-,12+,13+,14-,15-,16+,17+,18-,19-,20-,21-,22+,23+,24+,25+,26+/m1/s1. The highest BCUT2D eigenvalue weighted by molar-refractivity contribution is 5.73. The summed E-state index contributed by atoms with van der Waals surface area (Å²) < 4.78 is 38.4. The van der Waals surface area contributed by atoms with Crippen molar-refractivity contribution in [3.05, 3.63) is 0 Å². The van der Waals surface area contributed by atoms with Gasteiger partial charge in [-0.15, -0.1) is 0 Å². The van der Waals surface area contributed by atoms with Gasteiger partial charge in [-0.1, -0.05) is 0 Å². The van der Waals surface area contributed by atoms with Gasteiger partial charge in [0, 0.05) is 6.92 Å². The predicted molar refractivity (Wildman–Crippen MR) is 145 cm³/mol. The molecule has 4 aliphatic heterocycles. The van der Waals surface area contributed by atoms with Crippen molar-refractivity contribution in [2.75, 3.05) is 26.4 Å². The first-order valence-electron chi connectivity index (χ1n) is 15.1. The number of aliphatic hydroxyl groups is 13. The van der Waals surface area contributed by atoms with Crippen molar-refractivity contribution in [3.8, 4) is 0 Å². The maximum Gasteiger partial charge on any atom is 0.217 e. The Balaban J connectivity index is 1.61. The second-order valence-electron chi connectivity index (χ2n) is 11.9. The Morgan fingerprint density at radius 2 is 0.979 bits per heavy atom. The number of aliphatic hydroxyl groups excluding tert-OH is 13. The van der Waals surface area contributed by atoms with Gasteiger partial charge in [0.1, 0.15) is 97.6 Å². The van der Waals surface area contributed by atoms with Crippen molar-refractivity contribution >= 4 is 5.91 Å². The van der Waals surface area contributed by atoms with E-state index in [0.29, 0.717) is 0 Å². The molecule has 4 aliphatic rings. The topological polar surface area (TPSA) is 357 Å². The fraction of sp³-hybridized carbons (Fsp3) is 0.962. The summed E-state index contributed by atoms with van der Waals surface area (Å²) in [5, 5.41) is 136. The average molecular weight is 708 g/mol. The summed E-state index contributed by atoms with van der Waals surface area (Å²) in [7, 11) is 0. The van der Waals surface area contributed by atoms with Gasteiger partial charge in [-0.3, -0.25) is 4.79 Å². The van der Waals surface area contributed by atoms with E-state index < -0.39 is 155 Å². The van der Waals surface area contributed by atoms with E-state index in [1.807, 2.05) is 0 Å². The summed E-state index contributed by atoms with van der Waals surface area (Å²) in [5.41, 5.74) is 0. The van der Waals surface area contributed by atoms with Gasteiger partial charge in [0.15, 0.2) is 25.2 Å². The second kappa shape index (κ2) is 16.8. The normalized spacial score (nSPS) is 50.2. The molecule has 48 heavy (non-hydrogen) atoms. The molecule has 0 spiro atoms. The highest BCUT2D eigenvalue weighted by Gasteiger charge is 2.54. The zero-order chi connectivity index (χ0) is 35.6. The van der Waals surface area contributed by atoms with Crippen molar-refractivity contribution in [3.63, 3.8) is 0 Å². The smallest absolute Gasteiger partial charge is 0.217 e. The lowest BCUT2D eigenvalue weighted by Crippen LogP contribution is -2.68. The largest absolute Gasteiger partial charge is 0.394 e. The van der Waals surface area contributed by atoms with E-state index in [1.165, 1.54) is 0 Å². The van der Waals surface area contributed by atoms with Gasteiger partial charge < -0.3 is 105 Å². The fourth-order valence-corrected chi connectivity index (χ4v) is 5.83. The van der Waals surface area contributed by atoms with E-state index in [4.69, 9.17) is 33.2 Å². The molecule has 22 nitrogen and oxygen atoms in total. The van der Waals surface area contributed by atoms with Crippen molar-refractivity contribution in [2.45, 2.75) is 130 Å². The molecule has 4 heterocycles. The van der Waals surface area contributed by atoms with Crippen molar-refractivity contribution in [1.29, 1.82) is 0 Å². The van der Waals surface area contributed by atoms with Crippen LogP contribution in [-0.4, -0.2) is 221 Å². The van der Waals surface area contributed by atoms with Crippen LogP contribution in [0.1, 0.15) is 6.92 Å². The number of hydrogen-bond donors (Lipinski definition) is 14. The third-order valence-electron chi connectivity index (χ3n) is 8.59. The first kappa shape index (κ1) is 39.5. The maximum atomic E-state index is 11.9. The lowest BCUT2D eigenvalue weighted by atomic mass is 9.95. The Kier molecular flexibility index (Phi) is 13.8. The molecule has 4 saturated heterocycles. The van der Waals surface area contributed by atoms with E-state index in [0.717, 1.165) is 6.92 Å². The fourth-order valence-electron chi connectivity index (χ4n) is 5.83. The molecule has 4 fully saturated rings. The van der Waals surface area contributed by atoms with E-state index in [-0.39, 0.29) is 0 Å². The molecule has 22 heteroatoms. The molecule has 0 aliphatic carbocycles. The molecule has 0 aromatic carbocycles. The van der Waals surface area contributed by atoms with Crippen LogP contribution in [0.15, 0.2) is 0 Å². The molecule has 0 aromatic rings. The molecule has 20 atom stereocenters. The minimum Gasteiger partial charge on any atom is -0.394 e. The van der Waals surface area contributed by atoms with Crippen LogP contribution in [0.5, 0.6) is 0 Å². The van der Waals surface area contributed by atoms with Crippen molar-refractivity contribution in [1.82, 2.24) is 5.32 Å². The van der Waals surface area contributed by atoms with Crippen LogP contribution in [0.4, 0.5) is 0 Å². The minimum absolute atomic E-state index is 0.707. The monoisotopic (exact) mass is 707 g/mol. The Morgan fingerprint density at radius 1 is 0.542 bits per heavy atom. The van der Waals surface area contributed by atoms with Crippen molar-refractivity contribution in [2.24, 2.45) is 0 Å². The average Bonchev–Trinajstić information content (AvgIpc) is 3.05. The van der Waals surface area contributed by atoms with Crippen LogP contribution in [0.25, 0.3) is 0 Å². The molecule has 0 unspecified atom stereocenters. The first-order valence-corrected chi connectivity index (χ1v) is 15.1. The number of amides is 1. The third kappa shape index (κ3) is 8.24. The van der Waals surface area contributed by atoms with E-state index >= 15 is 0 Å². The minimum atomic E-state index is -2.08. The summed E-state index contributed by atoms with van der Waals surface area (Å²) in [6.07, 6.45) is -33.8. The molecule has 1 amide bonds. The van der Waals surface area contributed by atoms with Crippen LogP contribution >= 0.6 is 0 Å². The predicted octanol–water partition coefficient (Wildman–Crippen LogP) is -9.61. The van der Waals surface area contributed by atoms with E-state index in [1.54, 1.807) is 0 Å². The van der Waals surface area contributed by atoms with Gasteiger partial charge in [0.2, 0.25) is 5.91 Å². The van der Waals surface area contributed by atoms with Crippen LogP contribution in [-0.2, 0) is 38.0 Å². The quantitative estimate of drug-likeness (QED) is 0.0947. The number of rotatable bonds is 11. The molecule has 280 valence electrons. The summed E-state index contributed by atoms with van der Waals surface area (Å²) in [6.45, 7) is -2.14. The highest BCUT2D eigenvalue weighted by atomic mass is 16.8. The lowest BCUT2D eigenvalue weighted by molar-refractivity contribution is -0.378. The van der Waals surface area contributed by atoms with Gasteiger partial charge in [-0.2, -0.15) is 0 Å². The van der Waals surface area contributed by atoms with Crippen LogP contribution < -0.4 is 5.32 Å². The molecule has 0 aromatic heterocycles. The molecular formula is C26H45NO21. The summed E-state index contributed by atoms with van der Waals surface area (Å²) in [6, 6.07) is -1.52. The van der Waals surface area contributed by atoms with E-state index in [2.05, 4.69) is 5.32 Å². The number of hydrogen-bond acceptors (Lipinski definition) is 21. The molecule has 4 rings (SSSR count). The van der Waals surface area contributed by atoms with Gasteiger partial charge in [0.05, 0.1) is 26.4 Å². The first-order chi connectivity index (χ1) is 22.6. The highest BCUT2D eigenvalue weighted by Crippen LogP contribution is 2.33. The molecular weight excluding hydrogens is 662 g/mol. The number of carbonyl (C=O) groups excluding carboxylic acids is 1. The Labute approximate surface area is 272 Å². The van der Waals surface area contributed by atoms with Crippen LogP contribution in [0.2, 0.25) is 0 Å². The molecule has 0 bridgehead atoms. The molecule has 0 radical (unpaired) electrons. The third-order valence-corrected chi connectivity index (χ3v) is 8.59. The zero-order valence-corrected chi connectivity index (χ0v) is 25.5.